The van der Waals surface area contributed by atoms with Crippen LogP contribution >= 0.6 is 0 Å². The molecule has 1 aromatic heterocycles. The summed E-state index contributed by atoms with van der Waals surface area (Å²) in [6, 6.07) is 2.48. The molecule has 1 heterocycles. The van der Waals surface area contributed by atoms with E-state index in [1.165, 1.54) is 19.5 Å². The zero-order valence-corrected chi connectivity index (χ0v) is 12.3. The van der Waals surface area contributed by atoms with Gasteiger partial charge in [0.1, 0.15) is 12.1 Å². The Morgan fingerprint density at radius 1 is 1.39 bits per heavy atom. The van der Waals surface area contributed by atoms with E-state index in [1.54, 1.807) is 11.6 Å². The molecule has 0 unspecified atom stereocenters. The number of carbonyl (C=O) groups is 1. The highest BCUT2D eigenvalue weighted by Crippen LogP contribution is 2.37. The topological polar surface area (TPSA) is 81.1 Å². The molecule has 0 aliphatic carbocycles. The number of rotatable bonds is 4. The lowest BCUT2D eigenvalue weighted by Gasteiger charge is -2.15. The number of aromatic nitrogens is 3. The predicted molar refractivity (Wildman–Crippen MR) is 74.9 cm³/mol. The first-order chi connectivity index (χ1) is 10.8. The minimum atomic E-state index is -4.62. The number of ether oxygens (including phenoxy) is 1. The normalized spacial score (nSPS) is 11.2. The Kier molecular flexibility index (Phi) is 4.72. The lowest BCUT2D eigenvalue weighted by atomic mass is 10.1. The average Bonchev–Trinajstić information content (AvgIpc) is 2.90. The fourth-order valence-electron chi connectivity index (χ4n) is 1.79. The summed E-state index contributed by atoms with van der Waals surface area (Å²) < 4.78 is 45.4. The number of halogens is 3. The van der Waals surface area contributed by atoms with Gasteiger partial charge < -0.3 is 19.9 Å². The second kappa shape index (κ2) is 6.55. The van der Waals surface area contributed by atoms with E-state index in [-0.39, 0.29) is 18.0 Å². The number of carbonyl (C=O) groups excluding carboxylic acids is 1. The Labute approximate surface area is 129 Å². The first-order valence-corrected chi connectivity index (χ1v) is 6.44. The van der Waals surface area contributed by atoms with E-state index >= 15 is 0 Å². The molecule has 0 spiro atoms. The van der Waals surface area contributed by atoms with E-state index in [0.29, 0.717) is 5.82 Å². The molecule has 0 fully saturated rings. The quantitative estimate of drug-likeness (QED) is 0.901. The summed E-state index contributed by atoms with van der Waals surface area (Å²) in [5, 5.41) is 12.0. The van der Waals surface area contributed by atoms with Gasteiger partial charge in [0.25, 0.3) is 0 Å². The zero-order chi connectivity index (χ0) is 17.0. The largest absolute Gasteiger partial charge is 0.497 e. The van der Waals surface area contributed by atoms with Crippen molar-refractivity contribution in [1.82, 2.24) is 20.1 Å². The molecule has 0 radical (unpaired) electrons. The molecule has 0 saturated heterocycles. The Morgan fingerprint density at radius 3 is 2.70 bits per heavy atom. The van der Waals surface area contributed by atoms with Crippen molar-refractivity contribution in [2.45, 2.75) is 12.7 Å². The molecule has 0 saturated carbocycles. The lowest BCUT2D eigenvalue weighted by Crippen LogP contribution is -2.30. The molecule has 124 valence electrons. The number of nitrogens with one attached hydrogen (secondary N) is 2. The van der Waals surface area contributed by atoms with E-state index in [1.807, 2.05) is 0 Å². The number of hydrogen-bond acceptors (Lipinski definition) is 4. The lowest BCUT2D eigenvalue weighted by molar-refractivity contribution is -0.137. The van der Waals surface area contributed by atoms with Gasteiger partial charge in [0, 0.05) is 7.05 Å². The number of aryl methyl sites for hydroxylation is 1. The van der Waals surface area contributed by atoms with Crippen LogP contribution < -0.4 is 15.4 Å². The van der Waals surface area contributed by atoms with Crippen LogP contribution in [0.3, 0.4) is 0 Å². The smallest absolute Gasteiger partial charge is 0.418 e. The van der Waals surface area contributed by atoms with Crippen LogP contribution in [0.25, 0.3) is 0 Å². The fourth-order valence-corrected chi connectivity index (χ4v) is 1.79. The second-order valence-electron chi connectivity index (χ2n) is 4.58. The van der Waals surface area contributed by atoms with Gasteiger partial charge in [-0.2, -0.15) is 13.2 Å². The standard InChI is InChI=1S/C13H14F3N5O2/c1-21-7-18-20-11(21)6-17-12(22)19-10-4-3-8(23-2)5-9(10)13(14,15)16/h3-5,7H,6H2,1-2H3,(H2,17,19,22). The molecule has 0 bridgehead atoms. The summed E-state index contributed by atoms with van der Waals surface area (Å²) in [6.07, 6.45) is -3.18. The van der Waals surface area contributed by atoms with Crippen molar-refractivity contribution in [2.75, 3.05) is 12.4 Å². The SMILES string of the molecule is COc1ccc(NC(=O)NCc2nncn2C)c(C(F)(F)F)c1. The number of benzene rings is 1. The van der Waals surface area contributed by atoms with Crippen LogP contribution in [-0.4, -0.2) is 27.9 Å². The van der Waals surface area contributed by atoms with Gasteiger partial charge in [-0.1, -0.05) is 0 Å². The molecule has 10 heteroatoms. The van der Waals surface area contributed by atoms with E-state index in [2.05, 4.69) is 20.8 Å². The van der Waals surface area contributed by atoms with Crippen LogP contribution in [0.2, 0.25) is 0 Å². The van der Waals surface area contributed by atoms with Crippen molar-refractivity contribution in [3.8, 4) is 5.75 Å². The minimum absolute atomic E-state index is 0.0276. The number of methoxy groups -OCH3 is 1. The van der Waals surface area contributed by atoms with Gasteiger partial charge in [0.05, 0.1) is 24.9 Å². The number of anilines is 1. The van der Waals surface area contributed by atoms with Gasteiger partial charge in [-0.15, -0.1) is 10.2 Å². The van der Waals surface area contributed by atoms with Crippen molar-refractivity contribution in [3.05, 3.63) is 35.9 Å². The van der Waals surface area contributed by atoms with Crippen molar-refractivity contribution >= 4 is 11.7 Å². The van der Waals surface area contributed by atoms with Gasteiger partial charge in [-0.05, 0) is 18.2 Å². The summed E-state index contributed by atoms with van der Waals surface area (Å²) in [6.45, 7) is 0.0276. The Balaban J connectivity index is 2.09. The van der Waals surface area contributed by atoms with Gasteiger partial charge in [0.15, 0.2) is 5.82 Å². The van der Waals surface area contributed by atoms with Crippen LogP contribution in [0, 0.1) is 0 Å². The molecule has 0 atom stereocenters. The van der Waals surface area contributed by atoms with E-state index < -0.39 is 17.8 Å². The molecule has 23 heavy (non-hydrogen) atoms. The number of hydrogen-bond donors (Lipinski definition) is 2. The fraction of sp³-hybridized carbons (Fsp3) is 0.308. The van der Waals surface area contributed by atoms with Gasteiger partial charge in [-0.3, -0.25) is 0 Å². The summed E-state index contributed by atoms with van der Waals surface area (Å²) in [5.41, 5.74) is -1.36. The number of amides is 2. The van der Waals surface area contributed by atoms with Crippen LogP contribution in [0.15, 0.2) is 24.5 Å². The van der Waals surface area contributed by atoms with Crippen molar-refractivity contribution < 1.29 is 22.7 Å². The first-order valence-electron chi connectivity index (χ1n) is 6.44. The molecule has 2 rings (SSSR count). The van der Waals surface area contributed by atoms with Gasteiger partial charge in [0.2, 0.25) is 0 Å². The Hall–Kier alpha value is -2.78. The third kappa shape index (κ3) is 4.11. The maximum atomic E-state index is 13.0. The van der Waals surface area contributed by atoms with Crippen molar-refractivity contribution in [1.29, 1.82) is 0 Å². The molecule has 0 aliphatic rings. The monoisotopic (exact) mass is 329 g/mol. The third-order valence-corrected chi connectivity index (χ3v) is 2.99. The molecule has 7 nitrogen and oxygen atoms in total. The van der Waals surface area contributed by atoms with Gasteiger partial charge >= 0.3 is 12.2 Å². The maximum absolute atomic E-state index is 13.0. The second-order valence-corrected chi connectivity index (χ2v) is 4.58. The zero-order valence-electron chi connectivity index (χ0n) is 12.3. The first kappa shape index (κ1) is 16.6. The predicted octanol–water partition coefficient (Wildman–Crippen LogP) is 2.16. The minimum Gasteiger partial charge on any atom is -0.497 e. The highest BCUT2D eigenvalue weighted by Gasteiger charge is 2.34. The van der Waals surface area contributed by atoms with Crippen LogP contribution in [-0.2, 0) is 19.8 Å². The van der Waals surface area contributed by atoms with Crippen molar-refractivity contribution in [2.24, 2.45) is 7.05 Å². The summed E-state index contributed by atoms with van der Waals surface area (Å²) in [5.74, 6) is 0.508. The average molecular weight is 329 g/mol. The molecular formula is C13H14F3N5O2. The molecule has 1 aromatic carbocycles. The third-order valence-electron chi connectivity index (χ3n) is 2.99. The molecular weight excluding hydrogens is 315 g/mol. The highest BCUT2D eigenvalue weighted by molar-refractivity contribution is 5.90. The van der Waals surface area contributed by atoms with E-state index in [9.17, 15) is 18.0 Å². The van der Waals surface area contributed by atoms with E-state index in [4.69, 9.17) is 4.74 Å². The van der Waals surface area contributed by atoms with Crippen LogP contribution in [0.4, 0.5) is 23.7 Å². The van der Waals surface area contributed by atoms with Crippen molar-refractivity contribution in [3.63, 3.8) is 0 Å². The summed E-state index contributed by atoms with van der Waals surface area (Å²) in [7, 11) is 2.94. The molecule has 2 N–H and O–H groups in total. The van der Waals surface area contributed by atoms with Gasteiger partial charge in [-0.25, -0.2) is 4.79 Å². The molecule has 2 amide bonds. The van der Waals surface area contributed by atoms with Crippen LogP contribution in [0.1, 0.15) is 11.4 Å². The highest BCUT2D eigenvalue weighted by atomic mass is 19.4. The Bertz CT molecular complexity index is 699. The summed E-state index contributed by atoms with van der Waals surface area (Å²) in [4.78, 5) is 11.8. The number of nitrogens with zero attached hydrogens (tertiary/aromatic N) is 3. The van der Waals surface area contributed by atoms with Crippen LogP contribution in [0.5, 0.6) is 5.75 Å². The maximum Gasteiger partial charge on any atom is 0.418 e. The number of alkyl halides is 3. The number of urea groups is 1. The molecule has 0 aliphatic heterocycles. The van der Waals surface area contributed by atoms with E-state index in [0.717, 1.165) is 12.1 Å². The molecule has 2 aromatic rings. The Morgan fingerprint density at radius 2 is 2.13 bits per heavy atom. The summed E-state index contributed by atoms with van der Waals surface area (Å²) >= 11 is 0.